The quantitative estimate of drug-likeness (QED) is 0.247. The fourth-order valence-electron chi connectivity index (χ4n) is 5.28. The molecule has 6 amide bonds. The number of ketones is 1. The predicted octanol–water partition coefficient (Wildman–Crippen LogP) is -0.0860. The van der Waals surface area contributed by atoms with Gasteiger partial charge in [-0.3, -0.25) is 24.0 Å². The largest absolute Gasteiger partial charge is 0.378 e. The van der Waals surface area contributed by atoms with Gasteiger partial charge in [-0.05, 0) is 36.5 Å². The summed E-state index contributed by atoms with van der Waals surface area (Å²) in [5, 5.41) is 8.18. The summed E-state index contributed by atoms with van der Waals surface area (Å²) in [4.78, 5) is 80.4. The number of ether oxygens (including phenoxy) is 1. The number of nitrogens with one attached hydrogen (secondary N) is 3. The molecule has 0 aromatic carbocycles. The average molecular weight is 579 g/mol. The van der Waals surface area contributed by atoms with Crippen molar-refractivity contribution in [1.29, 1.82) is 0 Å². The topological polar surface area (TPSA) is 180 Å². The van der Waals surface area contributed by atoms with E-state index in [-0.39, 0.29) is 17.7 Å². The zero-order valence-corrected chi connectivity index (χ0v) is 24.9. The van der Waals surface area contributed by atoms with Crippen LogP contribution in [0.4, 0.5) is 4.79 Å². The lowest BCUT2D eigenvalue weighted by Crippen LogP contribution is -2.62. The number of urea groups is 1. The van der Waals surface area contributed by atoms with Crippen molar-refractivity contribution < 1.29 is 33.5 Å². The van der Waals surface area contributed by atoms with Crippen LogP contribution in [0.15, 0.2) is 0 Å². The van der Waals surface area contributed by atoms with E-state index in [9.17, 15) is 28.8 Å². The monoisotopic (exact) mass is 578 g/mol. The van der Waals surface area contributed by atoms with E-state index in [1.807, 2.05) is 13.8 Å². The van der Waals surface area contributed by atoms with E-state index in [0.29, 0.717) is 52.1 Å². The van der Waals surface area contributed by atoms with Crippen LogP contribution in [0.5, 0.6) is 0 Å². The van der Waals surface area contributed by atoms with Crippen molar-refractivity contribution in [1.82, 2.24) is 25.8 Å². The van der Waals surface area contributed by atoms with Crippen LogP contribution in [0.25, 0.3) is 0 Å². The Bertz CT molecular complexity index is 1020. The molecule has 3 fully saturated rings. The van der Waals surface area contributed by atoms with Crippen LogP contribution in [-0.4, -0.2) is 102 Å². The maximum atomic E-state index is 13.8. The van der Waals surface area contributed by atoms with Crippen molar-refractivity contribution in [2.24, 2.45) is 23.0 Å². The van der Waals surface area contributed by atoms with Crippen LogP contribution in [0.1, 0.15) is 66.7 Å². The predicted molar refractivity (Wildman–Crippen MR) is 149 cm³/mol. The molecule has 0 spiro atoms. The molecule has 3 aliphatic rings. The van der Waals surface area contributed by atoms with Gasteiger partial charge in [0, 0.05) is 19.6 Å². The third-order valence-electron chi connectivity index (χ3n) is 7.91. The Kier molecular flexibility index (Phi) is 10.7. The number of rotatable bonds is 11. The Balaban J connectivity index is 1.70. The molecular formula is C28H46N6O7. The summed E-state index contributed by atoms with van der Waals surface area (Å²) in [7, 11) is 0. The average Bonchev–Trinajstić information content (AvgIpc) is 3.59. The third kappa shape index (κ3) is 8.64. The Morgan fingerprint density at radius 3 is 2.07 bits per heavy atom. The third-order valence-corrected chi connectivity index (χ3v) is 7.91. The van der Waals surface area contributed by atoms with Crippen LogP contribution >= 0.6 is 0 Å². The molecule has 2 aliphatic heterocycles. The van der Waals surface area contributed by atoms with Crippen molar-refractivity contribution >= 4 is 35.4 Å². The van der Waals surface area contributed by atoms with E-state index in [2.05, 4.69) is 16.0 Å². The van der Waals surface area contributed by atoms with Crippen molar-refractivity contribution in [3.63, 3.8) is 0 Å². The summed E-state index contributed by atoms with van der Waals surface area (Å²) in [6.45, 7) is 11.1. The van der Waals surface area contributed by atoms with Gasteiger partial charge in [-0.25, -0.2) is 4.79 Å². The highest BCUT2D eigenvalue weighted by atomic mass is 16.5. The van der Waals surface area contributed by atoms with Gasteiger partial charge in [0.15, 0.2) is 0 Å². The van der Waals surface area contributed by atoms with Crippen molar-refractivity contribution in [3.8, 4) is 0 Å². The molecule has 4 unspecified atom stereocenters. The SMILES string of the molecule is CC(C)C(NC(=O)NC(C(=O)N1CCCC1C(=O)NC(CC1CC1)C(=O)C(N)=O)C(C)(C)C)C(=O)N1CCOCC1. The summed E-state index contributed by atoms with van der Waals surface area (Å²) in [6, 6.07) is -4.33. The second-order valence-electron chi connectivity index (χ2n) is 12.7. The minimum absolute atomic E-state index is 0.196. The molecule has 13 heteroatoms. The number of nitrogens with two attached hydrogens (primary N) is 1. The fourth-order valence-corrected chi connectivity index (χ4v) is 5.28. The molecule has 5 N–H and O–H groups in total. The first-order valence-electron chi connectivity index (χ1n) is 14.6. The van der Waals surface area contributed by atoms with Gasteiger partial charge in [-0.1, -0.05) is 47.5 Å². The zero-order chi connectivity index (χ0) is 30.5. The number of primary amides is 1. The lowest BCUT2D eigenvalue weighted by molar-refractivity contribution is -0.143. The first-order chi connectivity index (χ1) is 19.2. The molecule has 0 aromatic heterocycles. The normalized spacial score (nSPS) is 21.6. The van der Waals surface area contributed by atoms with Gasteiger partial charge in [-0.15, -0.1) is 0 Å². The summed E-state index contributed by atoms with van der Waals surface area (Å²) in [5.41, 5.74) is 4.48. The van der Waals surface area contributed by atoms with E-state index in [1.165, 1.54) is 4.90 Å². The molecule has 13 nitrogen and oxygen atoms in total. The van der Waals surface area contributed by atoms with Crippen LogP contribution in [-0.2, 0) is 28.7 Å². The molecule has 1 aliphatic carbocycles. The van der Waals surface area contributed by atoms with Crippen molar-refractivity contribution in [3.05, 3.63) is 0 Å². The lowest BCUT2D eigenvalue weighted by Gasteiger charge is -2.36. The number of amides is 6. The number of likely N-dealkylation sites (tertiary alicyclic amines) is 1. The highest BCUT2D eigenvalue weighted by Gasteiger charge is 2.43. The summed E-state index contributed by atoms with van der Waals surface area (Å²) < 4.78 is 5.32. The van der Waals surface area contributed by atoms with E-state index in [0.717, 1.165) is 12.8 Å². The van der Waals surface area contributed by atoms with Gasteiger partial charge < -0.3 is 36.2 Å². The maximum absolute atomic E-state index is 13.8. The van der Waals surface area contributed by atoms with E-state index < -0.39 is 59.1 Å². The van der Waals surface area contributed by atoms with E-state index in [1.54, 1.807) is 25.7 Å². The molecule has 2 saturated heterocycles. The van der Waals surface area contributed by atoms with Gasteiger partial charge in [0.2, 0.25) is 23.5 Å². The number of carbonyl (C=O) groups is 6. The molecular weight excluding hydrogens is 532 g/mol. The first-order valence-corrected chi connectivity index (χ1v) is 14.6. The standard InChI is InChI=1S/C28H46N6O7/c1-16(2)20(25(38)33-11-13-41-14-12-33)31-27(40)32-22(28(3,4)5)26(39)34-10-6-7-19(34)24(37)30-18(15-17-8-9-17)21(35)23(29)36/h16-20,22H,6-15H2,1-5H3,(H2,29,36)(H,30,37)(H2,31,32,40). The summed E-state index contributed by atoms with van der Waals surface area (Å²) >= 11 is 0. The van der Waals surface area contributed by atoms with Crippen LogP contribution < -0.4 is 21.7 Å². The van der Waals surface area contributed by atoms with E-state index >= 15 is 0 Å². The smallest absolute Gasteiger partial charge is 0.316 e. The number of carbonyl (C=O) groups excluding carboxylic acids is 6. The minimum atomic E-state index is -1.11. The van der Waals surface area contributed by atoms with E-state index in [4.69, 9.17) is 10.5 Å². The van der Waals surface area contributed by atoms with Crippen LogP contribution in [0, 0.1) is 17.3 Å². The Morgan fingerprint density at radius 1 is 0.902 bits per heavy atom. The number of hydrogen-bond donors (Lipinski definition) is 4. The molecule has 0 aromatic rings. The molecule has 41 heavy (non-hydrogen) atoms. The second-order valence-corrected chi connectivity index (χ2v) is 12.7. The van der Waals surface area contributed by atoms with Crippen molar-refractivity contribution in [2.75, 3.05) is 32.8 Å². The summed E-state index contributed by atoms with van der Waals surface area (Å²) in [6.07, 6.45) is 3.12. The van der Waals surface area contributed by atoms with Gasteiger partial charge in [0.05, 0.1) is 19.3 Å². The minimum Gasteiger partial charge on any atom is -0.378 e. The lowest BCUT2D eigenvalue weighted by atomic mass is 9.85. The zero-order valence-electron chi connectivity index (χ0n) is 24.9. The number of Topliss-reactive ketones (excluding diaryl/α,β-unsaturated/α-hetero) is 1. The van der Waals surface area contributed by atoms with Gasteiger partial charge in [0.1, 0.15) is 18.1 Å². The molecule has 3 rings (SSSR count). The fraction of sp³-hybridized carbons (Fsp3) is 0.786. The Morgan fingerprint density at radius 2 is 1.54 bits per heavy atom. The first kappa shape index (κ1) is 32.3. The maximum Gasteiger partial charge on any atom is 0.316 e. The molecule has 4 atom stereocenters. The van der Waals surface area contributed by atoms with Gasteiger partial charge in [-0.2, -0.15) is 0 Å². The highest BCUT2D eigenvalue weighted by molar-refractivity contribution is 6.37. The second kappa shape index (κ2) is 13.6. The summed E-state index contributed by atoms with van der Waals surface area (Å²) in [5.74, 6) is -3.07. The molecule has 230 valence electrons. The molecule has 1 saturated carbocycles. The molecule has 2 heterocycles. The molecule has 0 radical (unpaired) electrons. The Labute approximate surface area is 241 Å². The number of hydrogen-bond acceptors (Lipinski definition) is 7. The van der Waals surface area contributed by atoms with Gasteiger partial charge >= 0.3 is 6.03 Å². The van der Waals surface area contributed by atoms with Crippen LogP contribution in [0.2, 0.25) is 0 Å². The van der Waals surface area contributed by atoms with Crippen molar-refractivity contribution in [2.45, 2.75) is 90.9 Å². The number of nitrogens with zero attached hydrogens (tertiary/aromatic N) is 2. The number of morpholine rings is 1. The molecule has 0 bridgehead atoms. The van der Waals surface area contributed by atoms with Crippen LogP contribution in [0.3, 0.4) is 0 Å². The Hall–Kier alpha value is -3.22. The van der Waals surface area contributed by atoms with Gasteiger partial charge in [0.25, 0.3) is 5.91 Å². The highest BCUT2D eigenvalue weighted by Crippen LogP contribution is 2.34.